The number of H-pyrrole nitrogens is 1. The highest BCUT2D eigenvalue weighted by Gasteiger charge is 2.21. The van der Waals surface area contributed by atoms with E-state index in [0.717, 1.165) is 36.2 Å². The molecule has 5 nitrogen and oxygen atoms in total. The van der Waals surface area contributed by atoms with Crippen molar-refractivity contribution in [3.8, 4) is 0 Å². The van der Waals surface area contributed by atoms with Gasteiger partial charge in [0.1, 0.15) is 0 Å². The number of aromatic nitrogens is 1. The van der Waals surface area contributed by atoms with Crippen LogP contribution in [0.25, 0.3) is 10.9 Å². The summed E-state index contributed by atoms with van der Waals surface area (Å²) in [6.07, 6.45) is 0.512. The Labute approximate surface area is 143 Å². The Morgan fingerprint density at radius 1 is 1.29 bits per heavy atom. The zero-order chi connectivity index (χ0) is 17.3. The second kappa shape index (κ2) is 6.95. The SMILES string of the molecule is Cc1[nH]c2ccc(C(=O)NCCN3CC(C)OC(C)C3)cc2c1C. The van der Waals surface area contributed by atoms with Gasteiger partial charge in [-0.1, -0.05) is 0 Å². The van der Waals surface area contributed by atoms with E-state index in [-0.39, 0.29) is 18.1 Å². The number of nitrogens with zero attached hydrogens (tertiary/aromatic N) is 1. The first kappa shape index (κ1) is 17.0. The minimum absolute atomic E-state index is 0.00971. The number of aromatic amines is 1. The topological polar surface area (TPSA) is 57.4 Å². The number of nitrogens with one attached hydrogen (secondary N) is 2. The molecule has 2 heterocycles. The van der Waals surface area contributed by atoms with Gasteiger partial charge in [0.2, 0.25) is 0 Å². The quantitative estimate of drug-likeness (QED) is 0.906. The highest BCUT2D eigenvalue weighted by atomic mass is 16.5. The Kier molecular flexibility index (Phi) is 4.92. The Bertz CT molecular complexity index is 728. The third-order valence-corrected chi connectivity index (χ3v) is 4.78. The van der Waals surface area contributed by atoms with Gasteiger partial charge >= 0.3 is 0 Å². The van der Waals surface area contributed by atoms with E-state index in [9.17, 15) is 4.79 Å². The minimum Gasteiger partial charge on any atom is -0.373 e. The Morgan fingerprint density at radius 3 is 2.71 bits per heavy atom. The van der Waals surface area contributed by atoms with E-state index in [1.54, 1.807) is 0 Å². The molecule has 1 saturated heterocycles. The lowest BCUT2D eigenvalue weighted by molar-refractivity contribution is -0.0672. The summed E-state index contributed by atoms with van der Waals surface area (Å²) in [5, 5.41) is 4.16. The Morgan fingerprint density at radius 2 is 2.00 bits per heavy atom. The molecule has 1 aliphatic rings. The number of carbonyl (C=O) groups is 1. The van der Waals surface area contributed by atoms with Gasteiger partial charge in [-0.25, -0.2) is 0 Å². The average Bonchev–Trinajstić information content (AvgIpc) is 2.80. The summed E-state index contributed by atoms with van der Waals surface area (Å²) in [5.41, 5.74) is 4.15. The van der Waals surface area contributed by atoms with Crippen LogP contribution in [-0.4, -0.2) is 54.2 Å². The lowest BCUT2D eigenvalue weighted by atomic mass is 10.1. The summed E-state index contributed by atoms with van der Waals surface area (Å²) in [6, 6.07) is 5.84. The summed E-state index contributed by atoms with van der Waals surface area (Å²) >= 11 is 0. The smallest absolute Gasteiger partial charge is 0.251 e. The maximum atomic E-state index is 12.4. The van der Waals surface area contributed by atoms with Gasteiger partial charge in [-0.05, 0) is 51.5 Å². The van der Waals surface area contributed by atoms with Crippen molar-refractivity contribution in [3.05, 3.63) is 35.0 Å². The van der Waals surface area contributed by atoms with Crippen molar-refractivity contribution in [2.24, 2.45) is 0 Å². The monoisotopic (exact) mass is 329 g/mol. The number of morpholine rings is 1. The number of benzene rings is 1. The van der Waals surface area contributed by atoms with Crippen molar-refractivity contribution in [1.29, 1.82) is 0 Å². The lowest BCUT2D eigenvalue weighted by Crippen LogP contribution is -2.47. The highest BCUT2D eigenvalue weighted by Crippen LogP contribution is 2.22. The number of hydrogen-bond donors (Lipinski definition) is 2. The average molecular weight is 329 g/mol. The highest BCUT2D eigenvalue weighted by molar-refractivity contribution is 5.99. The number of rotatable bonds is 4. The summed E-state index contributed by atoms with van der Waals surface area (Å²) in [4.78, 5) is 18.1. The van der Waals surface area contributed by atoms with E-state index in [1.807, 2.05) is 18.2 Å². The molecule has 1 aromatic carbocycles. The van der Waals surface area contributed by atoms with Crippen molar-refractivity contribution in [2.75, 3.05) is 26.2 Å². The zero-order valence-electron chi connectivity index (χ0n) is 15.0. The molecule has 5 heteroatoms. The van der Waals surface area contributed by atoms with Crippen LogP contribution in [0.5, 0.6) is 0 Å². The van der Waals surface area contributed by atoms with Crippen LogP contribution in [0.4, 0.5) is 0 Å². The second-order valence-corrected chi connectivity index (χ2v) is 6.91. The first-order valence-corrected chi connectivity index (χ1v) is 8.69. The van der Waals surface area contributed by atoms with Crippen LogP contribution in [0.2, 0.25) is 0 Å². The summed E-state index contributed by atoms with van der Waals surface area (Å²) < 4.78 is 5.74. The van der Waals surface area contributed by atoms with Gasteiger partial charge in [-0.3, -0.25) is 9.69 Å². The predicted molar refractivity (Wildman–Crippen MR) is 96.6 cm³/mol. The first-order valence-electron chi connectivity index (χ1n) is 8.69. The normalized spacial score (nSPS) is 22.0. The molecule has 2 N–H and O–H groups in total. The molecule has 130 valence electrons. The van der Waals surface area contributed by atoms with Crippen LogP contribution >= 0.6 is 0 Å². The molecular weight excluding hydrogens is 302 g/mol. The van der Waals surface area contributed by atoms with E-state index in [2.05, 4.69) is 42.9 Å². The number of hydrogen-bond acceptors (Lipinski definition) is 3. The fourth-order valence-corrected chi connectivity index (χ4v) is 3.50. The van der Waals surface area contributed by atoms with E-state index in [0.29, 0.717) is 12.1 Å². The molecule has 1 aromatic heterocycles. The molecule has 24 heavy (non-hydrogen) atoms. The molecule has 3 rings (SSSR count). The largest absolute Gasteiger partial charge is 0.373 e. The van der Waals surface area contributed by atoms with Crippen LogP contribution in [-0.2, 0) is 4.74 Å². The fourth-order valence-electron chi connectivity index (χ4n) is 3.50. The van der Waals surface area contributed by atoms with Crippen molar-refractivity contribution < 1.29 is 9.53 Å². The molecule has 1 amide bonds. The molecule has 0 aliphatic carbocycles. The predicted octanol–water partition coefficient (Wildman–Crippen LogP) is 2.62. The number of amides is 1. The van der Waals surface area contributed by atoms with Crippen LogP contribution in [0.3, 0.4) is 0 Å². The van der Waals surface area contributed by atoms with Crippen LogP contribution in [0.1, 0.15) is 35.5 Å². The number of carbonyl (C=O) groups excluding carboxylic acids is 1. The molecule has 2 atom stereocenters. The van der Waals surface area contributed by atoms with Gasteiger partial charge in [-0.2, -0.15) is 0 Å². The molecular formula is C19H27N3O2. The maximum Gasteiger partial charge on any atom is 0.251 e. The van der Waals surface area contributed by atoms with Crippen LogP contribution < -0.4 is 5.32 Å². The Hall–Kier alpha value is -1.85. The maximum absolute atomic E-state index is 12.4. The molecule has 2 unspecified atom stereocenters. The van der Waals surface area contributed by atoms with Crippen LogP contribution in [0, 0.1) is 13.8 Å². The van der Waals surface area contributed by atoms with E-state index < -0.39 is 0 Å². The molecule has 0 bridgehead atoms. The number of aryl methyl sites for hydroxylation is 2. The van der Waals surface area contributed by atoms with Crippen LogP contribution in [0.15, 0.2) is 18.2 Å². The van der Waals surface area contributed by atoms with Gasteiger partial charge in [0, 0.05) is 48.3 Å². The van der Waals surface area contributed by atoms with Crippen molar-refractivity contribution in [1.82, 2.24) is 15.2 Å². The van der Waals surface area contributed by atoms with Gasteiger partial charge in [0.15, 0.2) is 0 Å². The zero-order valence-corrected chi connectivity index (χ0v) is 15.0. The van der Waals surface area contributed by atoms with Crippen molar-refractivity contribution >= 4 is 16.8 Å². The summed E-state index contributed by atoms with van der Waals surface area (Å²) in [7, 11) is 0. The van der Waals surface area contributed by atoms with Gasteiger partial charge < -0.3 is 15.0 Å². The van der Waals surface area contributed by atoms with Gasteiger partial charge in [0.05, 0.1) is 12.2 Å². The second-order valence-electron chi connectivity index (χ2n) is 6.91. The number of fused-ring (bicyclic) bond motifs is 1. The summed E-state index contributed by atoms with van der Waals surface area (Å²) in [6.45, 7) is 11.7. The summed E-state index contributed by atoms with van der Waals surface area (Å²) in [5.74, 6) is -0.00971. The van der Waals surface area contributed by atoms with Crippen molar-refractivity contribution in [2.45, 2.75) is 39.9 Å². The Balaban J connectivity index is 1.58. The van der Waals surface area contributed by atoms with Gasteiger partial charge in [0.25, 0.3) is 5.91 Å². The lowest BCUT2D eigenvalue weighted by Gasteiger charge is -2.35. The molecule has 2 aromatic rings. The number of ether oxygens (including phenoxy) is 1. The first-order chi connectivity index (χ1) is 11.4. The standard InChI is InChI=1S/C19H27N3O2/c1-12-10-22(11-13(2)24-12)8-7-20-19(23)16-5-6-18-17(9-16)14(3)15(4)21-18/h5-6,9,12-13,21H,7-8,10-11H2,1-4H3,(H,20,23). The molecule has 1 aliphatic heterocycles. The van der Waals surface area contributed by atoms with E-state index in [1.165, 1.54) is 5.56 Å². The third-order valence-electron chi connectivity index (χ3n) is 4.78. The van der Waals surface area contributed by atoms with Crippen molar-refractivity contribution in [3.63, 3.8) is 0 Å². The minimum atomic E-state index is -0.00971. The van der Waals surface area contributed by atoms with E-state index >= 15 is 0 Å². The van der Waals surface area contributed by atoms with Gasteiger partial charge in [-0.15, -0.1) is 0 Å². The fraction of sp³-hybridized carbons (Fsp3) is 0.526. The molecule has 1 fully saturated rings. The molecule has 0 saturated carbocycles. The van der Waals surface area contributed by atoms with E-state index in [4.69, 9.17) is 4.74 Å². The molecule has 0 radical (unpaired) electrons. The third kappa shape index (κ3) is 3.62. The molecule has 0 spiro atoms.